The predicted octanol–water partition coefficient (Wildman–Crippen LogP) is -0.160. The molecule has 0 saturated carbocycles. The molecule has 70 valence electrons. The summed E-state index contributed by atoms with van der Waals surface area (Å²) < 4.78 is 4.85. The largest absolute Gasteiger partial charge is 0.339 e. The summed E-state index contributed by atoms with van der Waals surface area (Å²) in [6.07, 6.45) is 0.604. The molecule has 0 radical (unpaired) electrons. The zero-order valence-corrected chi connectivity index (χ0v) is 7.67. The Bertz CT molecular complexity index is 225. The Labute approximate surface area is 76.9 Å². The van der Waals surface area contributed by atoms with Crippen LogP contribution < -0.4 is 11.5 Å². The normalized spacial score (nSPS) is 12.2. The second-order valence-corrected chi connectivity index (χ2v) is 2.49. The van der Waals surface area contributed by atoms with Gasteiger partial charge in [0, 0.05) is 12.5 Å². The fourth-order valence-electron chi connectivity index (χ4n) is 0.731. The summed E-state index contributed by atoms with van der Waals surface area (Å²) in [5.74, 6) is 1.08. The molecule has 12 heavy (non-hydrogen) atoms. The molecule has 0 saturated heterocycles. The van der Waals surface area contributed by atoms with Crippen LogP contribution in [0, 0.1) is 0 Å². The van der Waals surface area contributed by atoms with Crippen molar-refractivity contribution in [3.05, 3.63) is 11.7 Å². The predicted molar refractivity (Wildman–Crippen MR) is 46.8 cm³/mol. The Morgan fingerprint density at radius 2 is 2.25 bits per heavy atom. The van der Waals surface area contributed by atoms with E-state index in [1.165, 1.54) is 0 Å². The van der Waals surface area contributed by atoms with E-state index in [9.17, 15) is 0 Å². The first kappa shape index (κ1) is 11.4. The fourth-order valence-corrected chi connectivity index (χ4v) is 0.731. The van der Waals surface area contributed by atoms with E-state index in [2.05, 4.69) is 10.1 Å². The fraction of sp³-hybridized carbons (Fsp3) is 0.667. The van der Waals surface area contributed by atoms with Gasteiger partial charge in [0.2, 0.25) is 5.89 Å². The molecular weight excluding hydrogens is 180 g/mol. The van der Waals surface area contributed by atoms with Gasteiger partial charge in [-0.15, -0.1) is 12.4 Å². The van der Waals surface area contributed by atoms with Crippen LogP contribution in [-0.4, -0.2) is 16.2 Å². The highest BCUT2D eigenvalue weighted by Gasteiger charge is 2.05. The molecule has 1 unspecified atom stereocenters. The monoisotopic (exact) mass is 192 g/mol. The van der Waals surface area contributed by atoms with Gasteiger partial charge in [0.05, 0.1) is 6.54 Å². The van der Waals surface area contributed by atoms with Crippen LogP contribution in [0.5, 0.6) is 0 Å². The molecular formula is C6H13ClN4O. The smallest absolute Gasteiger partial charge is 0.228 e. The van der Waals surface area contributed by atoms with Crippen molar-refractivity contribution in [2.24, 2.45) is 11.5 Å². The molecule has 5 nitrogen and oxygen atoms in total. The molecule has 4 N–H and O–H groups in total. The highest BCUT2D eigenvalue weighted by Crippen LogP contribution is 1.98. The Kier molecular flexibility index (Phi) is 4.80. The van der Waals surface area contributed by atoms with Crippen LogP contribution in [0.25, 0.3) is 0 Å². The summed E-state index contributed by atoms with van der Waals surface area (Å²) in [5.41, 5.74) is 10.8. The van der Waals surface area contributed by atoms with Gasteiger partial charge in [-0.05, 0) is 6.92 Å². The molecule has 0 fully saturated rings. The van der Waals surface area contributed by atoms with Crippen LogP contribution in [0.2, 0.25) is 0 Å². The minimum Gasteiger partial charge on any atom is -0.339 e. The van der Waals surface area contributed by atoms with Gasteiger partial charge in [-0.2, -0.15) is 4.98 Å². The lowest BCUT2D eigenvalue weighted by atomic mass is 10.2. The van der Waals surface area contributed by atoms with Crippen LogP contribution >= 0.6 is 12.4 Å². The topological polar surface area (TPSA) is 91.0 Å². The first-order valence-corrected chi connectivity index (χ1v) is 3.49. The van der Waals surface area contributed by atoms with Crippen LogP contribution in [0.3, 0.4) is 0 Å². The molecule has 1 rings (SSSR count). The average molecular weight is 193 g/mol. The number of nitrogens with two attached hydrogens (primary N) is 2. The highest BCUT2D eigenvalue weighted by molar-refractivity contribution is 5.85. The molecule has 0 spiro atoms. The summed E-state index contributed by atoms with van der Waals surface area (Å²) in [6, 6.07) is 0.0427. The lowest BCUT2D eigenvalue weighted by molar-refractivity contribution is 0.366. The molecule has 1 atom stereocenters. The third-order valence-electron chi connectivity index (χ3n) is 1.19. The van der Waals surface area contributed by atoms with Crippen molar-refractivity contribution < 1.29 is 4.52 Å². The summed E-state index contributed by atoms with van der Waals surface area (Å²) in [7, 11) is 0. The number of nitrogens with zero attached hydrogens (tertiary/aromatic N) is 2. The maximum absolute atomic E-state index is 5.52. The van der Waals surface area contributed by atoms with E-state index in [0.717, 1.165) is 0 Å². The van der Waals surface area contributed by atoms with Crippen molar-refractivity contribution in [2.75, 3.05) is 0 Å². The molecule has 1 aromatic rings. The average Bonchev–Trinajstić information content (AvgIpc) is 2.34. The van der Waals surface area contributed by atoms with E-state index < -0.39 is 0 Å². The Balaban J connectivity index is 0.00000121. The van der Waals surface area contributed by atoms with Crippen LogP contribution in [0.1, 0.15) is 18.6 Å². The summed E-state index contributed by atoms with van der Waals surface area (Å²) in [6.45, 7) is 2.19. The summed E-state index contributed by atoms with van der Waals surface area (Å²) >= 11 is 0. The van der Waals surface area contributed by atoms with Crippen LogP contribution in [0.15, 0.2) is 4.52 Å². The molecule has 6 heteroatoms. The lowest BCUT2D eigenvalue weighted by Gasteiger charge is -1.96. The molecule has 0 bridgehead atoms. The first-order chi connectivity index (χ1) is 5.22. The van der Waals surface area contributed by atoms with Crippen molar-refractivity contribution in [1.82, 2.24) is 10.1 Å². The molecule has 0 aromatic carbocycles. The Hall–Kier alpha value is -0.650. The molecule has 0 aliphatic carbocycles. The van der Waals surface area contributed by atoms with E-state index in [1.807, 2.05) is 6.92 Å². The zero-order valence-electron chi connectivity index (χ0n) is 6.86. The molecule has 0 aliphatic heterocycles. The maximum atomic E-state index is 5.52. The zero-order chi connectivity index (χ0) is 8.27. The van der Waals surface area contributed by atoms with Gasteiger partial charge in [0.25, 0.3) is 0 Å². The third-order valence-corrected chi connectivity index (χ3v) is 1.19. The van der Waals surface area contributed by atoms with Crippen molar-refractivity contribution in [3.8, 4) is 0 Å². The number of rotatable bonds is 3. The van der Waals surface area contributed by atoms with Crippen molar-refractivity contribution in [1.29, 1.82) is 0 Å². The third kappa shape index (κ3) is 3.17. The Morgan fingerprint density at radius 3 is 2.67 bits per heavy atom. The quantitative estimate of drug-likeness (QED) is 0.695. The van der Waals surface area contributed by atoms with E-state index in [1.54, 1.807) is 0 Å². The van der Waals surface area contributed by atoms with Crippen molar-refractivity contribution in [2.45, 2.75) is 25.9 Å². The standard InChI is InChI=1S/C6H12N4O.ClH/c1-4(8)2-6-9-5(3-7)10-11-6;/h4H,2-3,7-8H2,1H3;1H. The molecule has 1 aromatic heterocycles. The van der Waals surface area contributed by atoms with Gasteiger partial charge < -0.3 is 16.0 Å². The van der Waals surface area contributed by atoms with E-state index in [0.29, 0.717) is 24.7 Å². The van der Waals surface area contributed by atoms with Gasteiger partial charge in [0.15, 0.2) is 5.82 Å². The summed E-state index contributed by atoms with van der Waals surface area (Å²) in [5, 5.41) is 3.62. The van der Waals surface area contributed by atoms with Gasteiger partial charge >= 0.3 is 0 Å². The summed E-state index contributed by atoms with van der Waals surface area (Å²) in [4.78, 5) is 3.99. The Morgan fingerprint density at radius 1 is 1.58 bits per heavy atom. The minimum atomic E-state index is 0. The van der Waals surface area contributed by atoms with E-state index in [-0.39, 0.29) is 18.4 Å². The second kappa shape index (κ2) is 5.08. The van der Waals surface area contributed by atoms with Gasteiger partial charge in [-0.3, -0.25) is 0 Å². The van der Waals surface area contributed by atoms with E-state index in [4.69, 9.17) is 16.0 Å². The number of aromatic nitrogens is 2. The second-order valence-electron chi connectivity index (χ2n) is 2.49. The van der Waals surface area contributed by atoms with Gasteiger partial charge in [-0.25, -0.2) is 0 Å². The number of hydrogen-bond donors (Lipinski definition) is 2. The van der Waals surface area contributed by atoms with Crippen LogP contribution in [-0.2, 0) is 13.0 Å². The lowest BCUT2D eigenvalue weighted by Crippen LogP contribution is -2.17. The van der Waals surface area contributed by atoms with Crippen molar-refractivity contribution >= 4 is 12.4 Å². The van der Waals surface area contributed by atoms with Crippen molar-refractivity contribution in [3.63, 3.8) is 0 Å². The number of hydrogen-bond acceptors (Lipinski definition) is 5. The minimum absolute atomic E-state index is 0. The van der Waals surface area contributed by atoms with Gasteiger partial charge in [-0.1, -0.05) is 5.16 Å². The molecule has 1 heterocycles. The SMILES string of the molecule is CC(N)Cc1nc(CN)no1.Cl. The van der Waals surface area contributed by atoms with Gasteiger partial charge in [0.1, 0.15) is 0 Å². The first-order valence-electron chi connectivity index (χ1n) is 3.49. The maximum Gasteiger partial charge on any atom is 0.228 e. The molecule has 0 aliphatic rings. The highest BCUT2D eigenvalue weighted by atomic mass is 35.5. The van der Waals surface area contributed by atoms with Crippen LogP contribution in [0.4, 0.5) is 0 Å². The number of halogens is 1. The molecule has 0 amide bonds. The van der Waals surface area contributed by atoms with E-state index >= 15 is 0 Å².